The van der Waals surface area contributed by atoms with Crippen LogP contribution in [0, 0.1) is 11.8 Å². The minimum atomic E-state index is -0.115. The number of aromatic nitrogens is 2. The Hall–Kier alpha value is -1.65. The van der Waals surface area contributed by atoms with Crippen LogP contribution in [0.1, 0.15) is 56.9 Å². The molecule has 2 rings (SSSR count). The molecule has 1 aliphatic rings. The molecule has 2 atom stereocenters. The lowest BCUT2D eigenvalue weighted by Gasteiger charge is -2.31. The summed E-state index contributed by atoms with van der Waals surface area (Å²) in [5.74, 6) is 1.95. The van der Waals surface area contributed by atoms with E-state index in [9.17, 15) is 4.79 Å². The highest BCUT2D eigenvalue weighted by atomic mass is 16.2. The fourth-order valence-corrected chi connectivity index (χ4v) is 3.12. The average Bonchev–Trinajstić information content (AvgIpc) is 2.44. The maximum Gasteiger partial charge on any atom is 0.272 e. The van der Waals surface area contributed by atoms with Crippen molar-refractivity contribution in [3.63, 3.8) is 0 Å². The van der Waals surface area contributed by atoms with Gasteiger partial charge >= 0.3 is 0 Å². The van der Waals surface area contributed by atoms with Gasteiger partial charge in [0.2, 0.25) is 0 Å². The minimum absolute atomic E-state index is 0.115. The first-order valence-electron chi connectivity index (χ1n) is 7.97. The molecule has 1 aromatic rings. The van der Waals surface area contributed by atoms with Crippen molar-refractivity contribution in [2.24, 2.45) is 11.8 Å². The Labute approximate surface area is 126 Å². The van der Waals surface area contributed by atoms with Gasteiger partial charge in [-0.3, -0.25) is 4.79 Å². The molecular formula is C16H26N4O. The summed E-state index contributed by atoms with van der Waals surface area (Å²) in [6.07, 6.45) is 4.39. The van der Waals surface area contributed by atoms with Crippen LogP contribution in [0.25, 0.3) is 0 Å². The molecule has 0 bridgehead atoms. The van der Waals surface area contributed by atoms with Crippen molar-refractivity contribution in [3.8, 4) is 0 Å². The second-order valence-electron chi connectivity index (χ2n) is 6.32. The number of amides is 1. The van der Waals surface area contributed by atoms with E-state index in [0.717, 1.165) is 25.8 Å². The standard InChI is InChI=1S/C16H26N4O/c1-4-7-17-15-6-5-14(19-20-15)16(21)18-13-9-11(2)8-12(3)10-13/h5-6,11-13H,4,7-10H2,1-3H3,(H,17,20)(H,18,21). The van der Waals surface area contributed by atoms with Gasteiger partial charge in [0.15, 0.2) is 5.69 Å². The number of carbonyl (C=O) groups excluding carboxylic acids is 1. The van der Waals surface area contributed by atoms with E-state index in [-0.39, 0.29) is 11.9 Å². The molecule has 0 saturated heterocycles. The Morgan fingerprint density at radius 1 is 1.19 bits per heavy atom. The summed E-state index contributed by atoms with van der Waals surface area (Å²) in [5.41, 5.74) is 0.392. The maximum absolute atomic E-state index is 12.2. The first-order chi connectivity index (χ1) is 10.1. The van der Waals surface area contributed by atoms with Crippen molar-refractivity contribution < 1.29 is 4.79 Å². The molecule has 1 saturated carbocycles. The predicted molar refractivity (Wildman–Crippen MR) is 84.2 cm³/mol. The van der Waals surface area contributed by atoms with E-state index in [4.69, 9.17) is 0 Å². The first-order valence-corrected chi connectivity index (χ1v) is 7.97. The third-order valence-corrected chi connectivity index (χ3v) is 3.97. The number of carbonyl (C=O) groups is 1. The lowest BCUT2D eigenvalue weighted by molar-refractivity contribution is 0.0905. The summed E-state index contributed by atoms with van der Waals surface area (Å²) in [7, 11) is 0. The van der Waals surface area contributed by atoms with E-state index in [2.05, 4.69) is 41.6 Å². The molecule has 0 aliphatic heterocycles. The van der Waals surface area contributed by atoms with Gasteiger partial charge < -0.3 is 10.6 Å². The number of anilines is 1. The third-order valence-electron chi connectivity index (χ3n) is 3.97. The minimum Gasteiger partial charge on any atom is -0.369 e. The average molecular weight is 290 g/mol. The molecule has 0 radical (unpaired) electrons. The SMILES string of the molecule is CCCNc1ccc(C(=O)NC2CC(C)CC(C)C2)nn1. The van der Waals surface area contributed by atoms with Crippen molar-refractivity contribution in [1.82, 2.24) is 15.5 Å². The molecule has 2 unspecified atom stereocenters. The van der Waals surface area contributed by atoms with Crippen LogP contribution in [0.5, 0.6) is 0 Å². The van der Waals surface area contributed by atoms with Crippen molar-refractivity contribution in [1.29, 1.82) is 0 Å². The van der Waals surface area contributed by atoms with Crippen molar-refractivity contribution in [2.45, 2.75) is 52.5 Å². The van der Waals surface area contributed by atoms with E-state index in [1.165, 1.54) is 6.42 Å². The van der Waals surface area contributed by atoms with Crippen LogP contribution >= 0.6 is 0 Å². The fourth-order valence-electron chi connectivity index (χ4n) is 3.12. The second-order valence-corrected chi connectivity index (χ2v) is 6.32. The number of hydrogen-bond donors (Lipinski definition) is 2. The van der Waals surface area contributed by atoms with Gasteiger partial charge in [-0.25, -0.2) is 0 Å². The van der Waals surface area contributed by atoms with Crippen molar-refractivity contribution >= 4 is 11.7 Å². The molecule has 1 aromatic heterocycles. The predicted octanol–water partition coefficient (Wildman–Crippen LogP) is 2.85. The molecule has 0 spiro atoms. The van der Waals surface area contributed by atoms with Crippen LogP contribution in [0.2, 0.25) is 0 Å². The fraction of sp³-hybridized carbons (Fsp3) is 0.688. The van der Waals surface area contributed by atoms with Crippen molar-refractivity contribution in [2.75, 3.05) is 11.9 Å². The summed E-state index contributed by atoms with van der Waals surface area (Å²) in [5, 5.41) is 14.3. The zero-order chi connectivity index (χ0) is 15.2. The Bertz CT molecular complexity index is 450. The van der Waals surface area contributed by atoms with E-state index < -0.39 is 0 Å². The van der Waals surface area contributed by atoms with Gasteiger partial charge in [-0.05, 0) is 49.7 Å². The highest BCUT2D eigenvalue weighted by molar-refractivity contribution is 5.92. The molecule has 0 aromatic carbocycles. The van der Waals surface area contributed by atoms with Crippen LogP contribution < -0.4 is 10.6 Å². The summed E-state index contributed by atoms with van der Waals surface area (Å²) >= 11 is 0. The highest BCUT2D eigenvalue weighted by Gasteiger charge is 2.25. The van der Waals surface area contributed by atoms with Crippen LogP contribution in [-0.4, -0.2) is 28.7 Å². The summed E-state index contributed by atoms with van der Waals surface area (Å²) in [6, 6.07) is 3.80. The monoisotopic (exact) mass is 290 g/mol. The third kappa shape index (κ3) is 4.69. The highest BCUT2D eigenvalue weighted by Crippen LogP contribution is 2.28. The maximum atomic E-state index is 12.2. The number of nitrogens with one attached hydrogen (secondary N) is 2. The van der Waals surface area contributed by atoms with Gasteiger partial charge in [0.1, 0.15) is 5.82 Å². The number of hydrogen-bond acceptors (Lipinski definition) is 4. The quantitative estimate of drug-likeness (QED) is 0.875. The van der Waals surface area contributed by atoms with Gasteiger partial charge in [0, 0.05) is 12.6 Å². The zero-order valence-electron chi connectivity index (χ0n) is 13.2. The van der Waals surface area contributed by atoms with Crippen molar-refractivity contribution in [3.05, 3.63) is 17.8 Å². The van der Waals surface area contributed by atoms with E-state index >= 15 is 0 Å². The van der Waals surface area contributed by atoms with Gasteiger partial charge in [-0.2, -0.15) is 0 Å². The Morgan fingerprint density at radius 3 is 2.48 bits per heavy atom. The molecule has 2 N–H and O–H groups in total. The topological polar surface area (TPSA) is 66.9 Å². The van der Waals surface area contributed by atoms with Crippen LogP contribution in [-0.2, 0) is 0 Å². The summed E-state index contributed by atoms with van der Waals surface area (Å²) < 4.78 is 0. The second kappa shape index (κ2) is 7.38. The van der Waals surface area contributed by atoms with Gasteiger partial charge in [0.25, 0.3) is 5.91 Å². The Kier molecular flexibility index (Phi) is 5.53. The molecule has 116 valence electrons. The molecule has 1 fully saturated rings. The van der Waals surface area contributed by atoms with Crippen LogP contribution in [0.15, 0.2) is 12.1 Å². The zero-order valence-corrected chi connectivity index (χ0v) is 13.2. The molecule has 1 heterocycles. The van der Waals surface area contributed by atoms with Gasteiger partial charge in [-0.1, -0.05) is 20.8 Å². The molecule has 5 heteroatoms. The van der Waals surface area contributed by atoms with Crippen LogP contribution in [0.3, 0.4) is 0 Å². The molecular weight excluding hydrogens is 264 g/mol. The Morgan fingerprint density at radius 2 is 1.90 bits per heavy atom. The molecule has 1 aliphatic carbocycles. The van der Waals surface area contributed by atoms with Gasteiger partial charge in [-0.15, -0.1) is 10.2 Å². The van der Waals surface area contributed by atoms with Crippen LogP contribution in [0.4, 0.5) is 5.82 Å². The molecule has 21 heavy (non-hydrogen) atoms. The lowest BCUT2D eigenvalue weighted by Crippen LogP contribution is -2.40. The first kappa shape index (κ1) is 15.7. The largest absolute Gasteiger partial charge is 0.369 e. The van der Waals surface area contributed by atoms with E-state index in [1.807, 2.05) is 6.07 Å². The van der Waals surface area contributed by atoms with Gasteiger partial charge in [0.05, 0.1) is 0 Å². The molecule has 1 amide bonds. The Balaban J connectivity index is 1.90. The summed E-state index contributed by atoms with van der Waals surface area (Å²) in [6.45, 7) is 7.46. The number of nitrogens with zero attached hydrogens (tertiary/aromatic N) is 2. The molecule has 5 nitrogen and oxygen atoms in total. The normalized spacial score (nSPS) is 25.4. The number of rotatable bonds is 5. The van der Waals surface area contributed by atoms with E-state index in [0.29, 0.717) is 23.3 Å². The lowest BCUT2D eigenvalue weighted by atomic mass is 9.80. The van der Waals surface area contributed by atoms with E-state index in [1.54, 1.807) is 6.07 Å². The summed E-state index contributed by atoms with van der Waals surface area (Å²) in [4.78, 5) is 12.2. The smallest absolute Gasteiger partial charge is 0.272 e.